The molecule has 0 bridgehead atoms. The van der Waals surface area contributed by atoms with Crippen molar-refractivity contribution < 1.29 is 4.79 Å². The van der Waals surface area contributed by atoms with Gasteiger partial charge in [-0.1, -0.05) is 66.6 Å². The van der Waals surface area contributed by atoms with Crippen molar-refractivity contribution in [3.05, 3.63) is 76.9 Å². The van der Waals surface area contributed by atoms with Crippen molar-refractivity contribution in [2.75, 3.05) is 26.7 Å². The van der Waals surface area contributed by atoms with Gasteiger partial charge in [0.1, 0.15) is 0 Å². The van der Waals surface area contributed by atoms with Gasteiger partial charge in [0.15, 0.2) is 0 Å². The predicted molar refractivity (Wildman–Crippen MR) is 113 cm³/mol. The fourth-order valence-corrected chi connectivity index (χ4v) is 2.77. The molecule has 27 heavy (non-hydrogen) atoms. The molecule has 0 aromatic heterocycles. The number of benzene rings is 2. The minimum atomic E-state index is 0.0246. The van der Waals surface area contributed by atoms with Gasteiger partial charge < -0.3 is 5.32 Å². The summed E-state index contributed by atoms with van der Waals surface area (Å²) in [5.41, 5.74) is 5.06. The number of hydrogen-bond donors (Lipinski definition) is 1. The zero-order chi connectivity index (χ0) is 19.5. The Morgan fingerprint density at radius 2 is 1.93 bits per heavy atom. The van der Waals surface area contributed by atoms with Crippen LogP contribution in [0.1, 0.15) is 28.7 Å². The molecule has 0 aliphatic rings. The highest BCUT2D eigenvalue weighted by Crippen LogP contribution is 2.15. The molecule has 0 atom stereocenters. The number of aryl methyl sites for hydroxylation is 1. The summed E-state index contributed by atoms with van der Waals surface area (Å²) in [6.07, 6.45) is 10.5. The first kappa shape index (κ1) is 20.5. The molecule has 0 aliphatic heterocycles. The topological polar surface area (TPSA) is 32.3 Å². The van der Waals surface area contributed by atoms with E-state index in [1.807, 2.05) is 24.1 Å². The van der Waals surface area contributed by atoms with Crippen LogP contribution in [0.25, 0.3) is 6.08 Å². The molecule has 2 aromatic carbocycles. The molecule has 0 saturated heterocycles. The normalized spacial score (nSPS) is 10.9. The Labute approximate surface area is 163 Å². The molecule has 1 N–H and O–H groups in total. The summed E-state index contributed by atoms with van der Waals surface area (Å²) in [6, 6.07) is 16.9. The van der Waals surface area contributed by atoms with Crippen LogP contribution in [-0.2, 0) is 11.2 Å². The highest BCUT2D eigenvalue weighted by molar-refractivity contribution is 5.78. The number of carbonyl (C=O) groups excluding carboxylic acids is 1. The first-order valence-electron chi connectivity index (χ1n) is 9.27. The number of carbonyl (C=O) groups is 1. The molecule has 3 heteroatoms. The van der Waals surface area contributed by atoms with Crippen molar-refractivity contribution in [2.24, 2.45) is 0 Å². The second kappa shape index (κ2) is 11.0. The number of nitrogens with zero attached hydrogens (tertiary/aromatic N) is 1. The first-order valence-corrected chi connectivity index (χ1v) is 9.27. The number of nitrogens with one attached hydrogen (secondary N) is 1. The van der Waals surface area contributed by atoms with Gasteiger partial charge >= 0.3 is 0 Å². The Hall–Kier alpha value is -2.83. The minimum absolute atomic E-state index is 0.0246. The van der Waals surface area contributed by atoms with Crippen molar-refractivity contribution in [2.45, 2.75) is 19.8 Å². The lowest BCUT2D eigenvalue weighted by Gasteiger charge is -2.12. The largest absolute Gasteiger partial charge is 0.355 e. The standard InChI is InChI=1S/C24H28N2O/c1-4-17-26(3)18-16-25-24(27)11-7-9-21-12-14-22(15-13-21)19-23-10-6-5-8-20(23)2/h1,5-10,12-15H,11,16-19H2,2-3H3,(H,25,27)/b9-7+. The molecule has 0 fully saturated rings. The third-order valence-electron chi connectivity index (χ3n) is 4.43. The number of terminal acetylenes is 1. The fraction of sp³-hybridized carbons (Fsp3) is 0.292. The van der Waals surface area contributed by atoms with E-state index in [2.05, 4.69) is 66.7 Å². The predicted octanol–water partition coefficient (Wildman–Crippen LogP) is 3.67. The fourth-order valence-electron chi connectivity index (χ4n) is 2.77. The van der Waals surface area contributed by atoms with E-state index < -0.39 is 0 Å². The van der Waals surface area contributed by atoms with Crippen LogP contribution in [-0.4, -0.2) is 37.5 Å². The van der Waals surface area contributed by atoms with Crippen molar-refractivity contribution in [1.29, 1.82) is 0 Å². The Morgan fingerprint density at radius 1 is 1.19 bits per heavy atom. The van der Waals surface area contributed by atoms with E-state index in [0.717, 1.165) is 18.5 Å². The van der Waals surface area contributed by atoms with Gasteiger partial charge in [-0.15, -0.1) is 6.42 Å². The van der Waals surface area contributed by atoms with Crippen LogP contribution in [0.5, 0.6) is 0 Å². The van der Waals surface area contributed by atoms with E-state index in [1.54, 1.807) is 0 Å². The van der Waals surface area contributed by atoms with Gasteiger partial charge in [-0.25, -0.2) is 0 Å². The van der Waals surface area contributed by atoms with Gasteiger partial charge in [-0.3, -0.25) is 9.69 Å². The number of likely N-dealkylation sites (N-methyl/N-ethyl adjacent to an activating group) is 1. The maximum Gasteiger partial charge on any atom is 0.223 e. The third kappa shape index (κ3) is 7.52. The highest BCUT2D eigenvalue weighted by atomic mass is 16.1. The summed E-state index contributed by atoms with van der Waals surface area (Å²) >= 11 is 0. The van der Waals surface area contributed by atoms with Crippen LogP contribution in [0.3, 0.4) is 0 Å². The maximum atomic E-state index is 11.8. The molecule has 140 valence electrons. The average molecular weight is 361 g/mol. The van der Waals surface area contributed by atoms with E-state index in [9.17, 15) is 4.79 Å². The SMILES string of the molecule is C#CCN(C)CCNC(=O)C/C=C/c1ccc(Cc2ccccc2C)cc1. The van der Waals surface area contributed by atoms with Crippen LogP contribution in [0.15, 0.2) is 54.6 Å². The molecule has 0 aliphatic carbocycles. The molecule has 0 radical (unpaired) electrons. The van der Waals surface area contributed by atoms with Crippen LogP contribution >= 0.6 is 0 Å². The zero-order valence-electron chi connectivity index (χ0n) is 16.2. The van der Waals surface area contributed by atoms with E-state index in [1.165, 1.54) is 16.7 Å². The summed E-state index contributed by atoms with van der Waals surface area (Å²) in [6.45, 7) is 4.10. The van der Waals surface area contributed by atoms with E-state index in [0.29, 0.717) is 19.5 Å². The van der Waals surface area contributed by atoms with Gasteiger partial charge in [0.2, 0.25) is 5.91 Å². The second-order valence-corrected chi connectivity index (χ2v) is 6.74. The van der Waals surface area contributed by atoms with E-state index in [4.69, 9.17) is 6.42 Å². The Balaban J connectivity index is 1.76. The molecular formula is C24H28N2O. The van der Waals surface area contributed by atoms with Crippen molar-refractivity contribution in [3.63, 3.8) is 0 Å². The number of hydrogen-bond acceptors (Lipinski definition) is 2. The summed E-state index contributed by atoms with van der Waals surface area (Å²) in [5.74, 6) is 2.60. The van der Waals surface area contributed by atoms with Crippen molar-refractivity contribution in [1.82, 2.24) is 10.2 Å². The van der Waals surface area contributed by atoms with Crippen molar-refractivity contribution >= 4 is 12.0 Å². The quantitative estimate of drug-likeness (QED) is 0.692. The summed E-state index contributed by atoms with van der Waals surface area (Å²) in [4.78, 5) is 13.8. The lowest BCUT2D eigenvalue weighted by molar-refractivity contribution is -0.120. The van der Waals surface area contributed by atoms with E-state index in [-0.39, 0.29) is 5.91 Å². The lowest BCUT2D eigenvalue weighted by Crippen LogP contribution is -2.32. The Morgan fingerprint density at radius 3 is 2.63 bits per heavy atom. The molecule has 0 unspecified atom stereocenters. The summed E-state index contributed by atoms with van der Waals surface area (Å²) in [7, 11) is 1.94. The molecule has 0 spiro atoms. The smallest absolute Gasteiger partial charge is 0.223 e. The molecule has 3 nitrogen and oxygen atoms in total. The second-order valence-electron chi connectivity index (χ2n) is 6.74. The average Bonchev–Trinajstić information content (AvgIpc) is 2.65. The molecule has 2 rings (SSSR count). The summed E-state index contributed by atoms with van der Waals surface area (Å²) in [5, 5.41) is 2.90. The third-order valence-corrected chi connectivity index (χ3v) is 4.43. The number of rotatable bonds is 9. The van der Waals surface area contributed by atoms with Crippen LogP contribution < -0.4 is 5.32 Å². The monoisotopic (exact) mass is 360 g/mol. The Bertz CT molecular complexity index is 800. The molecule has 0 heterocycles. The first-order chi connectivity index (χ1) is 13.1. The lowest BCUT2D eigenvalue weighted by atomic mass is 10.00. The Kier molecular flexibility index (Phi) is 8.35. The molecule has 0 saturated carbocycles. The van der Waals surface area contributed by atoms with Crippen molar-refractivity contribution in [3.8, 4) is 12.3 Å². The highest BCUT2D eigenvalue weighted by Gasteiger charge is 2.01. The molecule has 1 amide bonds. The van der Waals surface area contributed by atoms with Gasteiger partial charge in [-0.05, 0) is 42.6 Å². The van der Waals surface area contributed by atoms with Crippen LogP contribution in [0.4, 0.5) is 0 Å². The zero-order valence-corrected chi connectivity index (χ0v) is 16.2. The molecular weight excluding hydrogens is 332 g/mol. The van der Waals surface area contributed by atoms with E-state index >= 15 is 0 Å². The van der Waals surface area contributed by atoms with Gasteiger partial charge in [0, 0.05) is 19.5 Å². The van der Waals surface area contributed by atoms with Crippen LogP contribution in [0.2, 0.25) is 0 Å². The van der Waals surface area contributed by atoms with Gasteiger partial charge in [-0.2, -0.15) is 0 Å². The van der Waals surface area contributed by atoms with Gasteiger partial charge in [0.05, 0.1) is 6.54 Å². The minimum Gasteiger partial charge on any atom is -0.355 e. The summed E-state index contributed by atoms with van der Waals surface area (Å²) < 4.78 is 0. The van der Waals surface area contributed by atoms with Crippen LogP contribution in [0, 0.1) is 19.3 Å². The maximum absolute atomic E-state index is 11.8. The van der Waals surface area contributed by atoms with Gasteiger partial charge in [0.25, 0.3) is 0 Å². The molecule has 2 aromatic rings. The number of amides is 1.